The molecule has 1 saturated heterocycles. The van der Waals surface area contributed by atoms with Gasteiger partial charge in [0.25, 0.3) is 0 Å². The summed E-state index contributed by atoms with van der Waals surface area (Å²) in [6, 6.07) is 0. The number of nitrogens with zero attached hydrogens (tertiary/aromatic N) is 1. The maximum Gasteiger partial charge on any atom is 0.233 e. The third-order valence-electron chi connectivity index (χ3n) is 3.38. The third kappa shape index (κ3) is 2.92. The molecule has 0 spiro atoms. The molecule has 1 unspecified atom stereocenters. The molecule has 1 atom stereocenters. The molecule has 1 fully saturated rings. The fourth-order valence-electron chi connectivity index (χ4n) is 2.65. The fourth-order valence-corrected chi connectivity index (χ4v) is 2.84. The van der Waals surface area contributed by atoms with Crippen LogP contribution in [-0.4, -0.2) is 26.0 Å². The number of likely N-dealkylation sites (tertiary alicyclic amines) is 1. The van der Waals surface area contributed by atoms with E-state index in [1.165, 1.54) is 4.90 Å². The van der Waals surface area contributed by atoms with Crippen LogP contribution in [0.25, 0.3) is 0 Å². The lowest BCUT2D eigenvalue weighted by atomic mass is 9.80. The van der Waals surface area contributed by atoms with Gasteiger partial charge in [-0.25, -0.2) is 0 Å². The SMILES string of the molecule is CC1CC(=O)N(C(C)(C)CC(C)(C)C(=O)I)C1=O. The van der Waals surface area contributed by atoms with Gasteiger partial charge in [-0.3, -0.25) is 19.3 Å². The first-order valence-electron chi connectivity index (χ1n) is 6.06. The molecule has 0 aliphatic carbocycles. The molecule has 1 aliphatic heterocycles. The van der Waals surface area contributed by atoms with Crippen molar-refractivity contribution in [3.05, 3.63) is 0 Å². The van der Waals surface area contributed by atoms with Crippen LogP contribution in [0, 0.1) is 11.3 Å². The van der Waals surface area contributed by atoms with Crippen molar-refractivity contribution in [1.29, 1.82) is 0 Å². The molecule has 0 aromatic rings. The second-order valence-electron chi connectivity index (χ2n) is 6.32. The summed E-state index contributed by atoms with van der Waals surface area (Å²) in [6.45, 7) is 9.16. The van der Waals surface area contributed by atoms with Gasteiger partial charge in [0.1, 0.15) is 0 Å². The van der Waals surface area contributed by atoms with E-state index in [0.29, 0.717) is 6.42 Å². The van der Waals surface area contributed by atoms with E-state index in [-0.39, 0.29) is 27.9 Å². The molecule has 0 saturated carbocycles. The van der Waals surface area contributed by atoms with Gasteiger partial charge in [0.15, 0.2) is 3.79 Å². The monoisotopic (exact) mass is 365 g/mol. The van der Waals surface area contributed by atoms with Crippen molar-refractivity contribution in [2.75, 3.05) is 0 Å². The van der Waals surface area contributed by atoms with E-state index in [1.54, 1.807) is 29.5 Å². The summed E-state index contributed by atoms with van der Waals surface area (Å²) >= 11 is 1.78. The van der Waals surface area contributed by atoms with Gasteiger partial charge >= 0.3 is 0 Å². The average molecular weight is 365 g/mol. The molecular weight excluding hydrogens is 345 g/mol. The molecule has 1 rings (SSSR count). The Labute approximate surface area is 122 Å². The highest BCUT2D eigenvalue weighted by Crippen LogP contribution is 2.37. The van der Waals surface area contributed by atoms with Crippen LogP contribution < -0.4 is 0 Å². The lowest BCUT2D eigenvalue weighted by Crippen LogP contribution is -2.50. The number of carbonyl (C=O) groups excluding carboxylic acids is 3. The molecule has 102 valence electrons. The van der Waals surface area contributed by atoms with E-state index in [9.17, 15) is 14.4 Å². The number of hydrogen-bond donors (Lipinski definition) is 0. The zero-order chi connectivity index (χ0) is 14.3. The standard InChI is InChI=1S/C13H20INO3/c1-8-6-9(16)15(10(8)17)13(4,5)7-12(2,3)11(14)18/h8H,6-7H2,1-5H3. The van der Waals surface area contributed by atoms with Crippen molar-refractivity contribution >= 4 is 38.2 Å². The fraction of sp³-hybridized carbons (Fsp3) is 0.769. The summed E-state index contributed by atoms with van der Waals surface area (Å²) in [7, 11) is 0. The first-order valence-corrected chi connectivity index (χ1v) is 7.14. The molecule has 18 heavy (non-hydrogen) atoms. The summed E-state index contributed by atoms with van der Waals surface area (Å²) in [5, 5.41) is 0. The van der Waals surface area contributed by atoms with E-state index in [0.717, 1.165) is 0 Å². The smallest absolute Gasteiger partial charge is 0.233 e. The Bertz CT molecular complexity index is 401. The van der Waals surface area contributed by atoms with E-state index in [1.807, 2.05) is 27.7 Å². The Morgan fingerprint density at radius 2 is 1.83 bits per heavy atom. The first kappa shape index (κ1) is 15.6. The summed E-state index contributed by atoms with van der Waals surface area (Å²) in [5.41, 5.74) is -1.17. The number of halogens is 1. The molecule has 4 nitrogen and oxygen atoms in total. The summed E-state index contributed by atoms with van der Waals surface area (Å²) in [4.78, 5) is 36.9. The van der Waals surface area contributed by atoms with Crippen molar-refractivity contribution in [1.82, 2.24) is 4.90 Å². The molecule has 0 N–H and O–H groups in total. The number of amides is 2. The summed E-state index contributed by atoms with van der Waals surface area (Å²) in [6.07, 6.45) is 0.757. The van der Waals surface area contributed by atoms with Gasteiger partial charge in [0, 0.05) is 45.9 Å². The van der Waals surface area contributed by atoms with Crippen LogP contribution in [0.2, 0.25) is 0 Å². The van der Waals surface area contributed by atoms with Gasteiger partial charge in [-0.1, -0.05) is 20.8 Å². The molecular formula is C13H20INO3. The minimum Gasteiger partial charge on any atom is -0.287 e. The molecule has 0 bridgehead atoms. The number of carbonyl (C=O) groups is 3. The normalized spacial score (nSPS) is 21.7. The molecule has 2 amide bonds. The Kier molecular flexibility index (Phi) is 4.25. The Hall–Kier alpha value is -0.460. The van der Waals surface area contributed by atoms with Gasteiger partial charge in [-0.15, -0.1) is 0 Å². The van der Waals surface area contributed by atoms with Crippen molar-refractivity contribution < 1.29 is 14.4 Å². The Morgan fingerprint density at radius 1 is 1.33 bits per heavy atom. The van der Waals surface area contributed by atoms with Crippen LogP contribution in [0.5, 0.6) is 0 Å². The topological polar surface area (TPSA) is 54.5 Å². The van der Waals surface area contributed by atoms with Crippen LogP contribution in [0.3, 0.4) is 0 Å². The molecule has 0 aromatic heterocycles. The van der Waals surface area contributed by atoms with E-state index in [4.69, 9.17) is 0 Å². The van der Waals surface area contributed by atoms with E-state index >= 15 is 0 Å². The average Bonchev–Trinajstić information content (AvgIpc) is 2.38. The molecule has 5 heteroatoms. The highest BCUT2D eigenvalue weighted by molar-refractivity contribution is 14.1. The number of hydrogen-bond acceptors (Lipinski definition) is 3. The summed E-state index contributed by atoms with van der Waals surface area (Å²) < 4.78 is 0.0420. The van der Waals surface area contributed by atoms with Gasteiger partial charge < -0.3 is 0 Å². The minimum atomic E-state index is -0.622. The molecule has 1 heterocycles. The summed E-state index contributed by atoms with van der Waals surface area (Å²) in [5.74, 6) is -0.494. The maximum atomic E-state index is 12.0. The van der Waals surface area contributed by atoms with Crippen molar-refractivity contribution in [2.45, 2.75) is 53.0 Å². The second kappa shape index (κ2) is 4.90. The van der Waals surface area contributed by atoms with E-state index in [2.05, 4.69) is 0 Å². The van der Waals surface area contributed by atoms with Crippen LogP contribution in [-0.2, 0) is 14.4 Å². The predicted octanol–water partition coefficient (Wildman–Crippen LogP) is 2.54. The van der Waals surface area contributed by atoms with E-state index < -0.39 is 11.0 Å². The van der Waals surface area contributed by atoms with Crippen LogP contribution >= 0.6 is 22.6 Å². The predicted molar refractivity (Wildman–Crippen MR) is 77.1 cm³/mol. The Morgan fingerprint density at radius 3 is 2.17 bits per heavy atom. The second-order valence-corrected chi connectivity index (χ2v) is 7.30. The first-order chi connectivity index (χ1) is 7.99. The van der Waals surface area contributed by atoms with Crippen molar-refractivity contribution in [3.8, 4) is 0 Å². The van der Waals surface area contributed by atoms with Gasteiger partial charge in [0.2, 0.25) is 11.8 Å². The third-order valence-corrected chi connectivity index (χ3v) is 4.84. The Balaban J connectivity index is 2.97. The van der Waals surface area contributed by atoms with Crippen LogP contribution in [0.15, 0.2) is 0 Å². The molecule has 0 radical (unpaired) electrons. The van der Waals surface area contributed by atoms with Gasteiger partial charge in [-0.05, 0) is 20.3 Å². The minimum absolute atomic E-state index is 0.0420. The zero-order valence-corrected chi connectivity index (χ0v) is 13.7. The highest BCUT2D eigenvalue weighted by atomic mass is 127. The van der Waals surface area contributed by atoms with Gasteiger partial charge in [-0.2, -0.15) is 0 Å². The number of imide groups is 1. The van der Waals surface area contributed by atoms with Crippen molar-refractivity contribution in [3.63, 3.8) is 0 Å². The largest absolute Gasteiger partial charge is 0.287 e. The van der Waals surface area contributed by atoms with Crippen LogP contribution in [0.4, 0.5) is 0 Å². The zero-order valence-electron chi connectivity index (χ0n) is 11.5. The lowest BCUT2D eigenvalue weighted by Gasteiger charge is -2.39. The van der Waals surface area contributed by atoms with Gasteiger partial charge in [0.05, 0.1) is 0 Å². The van der Waals surface area contributed by atoms with Crippen molar-refractivity contribution in [2.24, 2.45) is 11.3 Å². The lowest BCUT2D eigenvalue weighted by molar-refractivity contribution is -0.147. The molecule has 0 aromatic carbocycles. The highest BCUT2D eigenvalue weighted by Gasteiger charge is 2.46. The maximum absolute atomic E-state index is 12.0. The molecule has 1 aliphatic rings. The number of rotatable bonds is 4. The quantitative estimate of drug-likeness (QED) is 0.437. The van der Waals surface area contributed by atoms with Crippen LogP contribution in [0.1, 0.15) is 47.5 Å².